The van der Waals surface area contributed by atoms with E-state index in [0.29, 0.717) is 25.2 Å². The van der Waals surface area contributed by atoms with Crippen LogP contribution >= 0.6 is 0 Å². The van der Waals surface area contributed by atoms with Gasteiger partial charge in [0, 0.05) is 24.0 Å². The second-order valence-corrected chi connectivity index (χ2v) is 6.56. The fraction of sp³-hybridized carbons (Fsp3) is 0.444. The summed E-state index contributed by atoms with van der Waals surface area (Å²) in [5.41, 5.74) is 4.79. The van der Waals surface area contributed by atoms with Crippen molar-refractivity contribution in [2.75, 3.05) is 13.1 Å². The highest BCUT2D eigenvalue weighted by Crippen LogP contribution is 2.28. The van der Waals surface area contributed by atoms with Crippen LogP contribution in [0.25, 0.3) is 10.9 Å². The first-order valence-electron chi connectivity index (χ1n) is 8.00. The largest absolute Gasteiger partial charge is 0.481 e. The number of fused-ring (bicyclic) bond motifs is 1. The van der Waals surface area contributed by atoms with Crippen molar-refractivity contribution in [1.29, 1.82) is 0 Å². The van der Waals surface area contributed by atoms with E-state index in [9.17, 15) is 14.7 Å². The minimum absolute atomic E-state index is 0.0956. The number of nitrogens with one attached hydrogen (secondary N) is 1. The highest BCUT2D eigenvalue weighted by molar-refractivity contribution is 6.02. The summed E-state index contributed by atoms with van der Waals surface area (Å²) in [5, 5.41) is 10.3. The molecule has 0 aliphatic carbocycles. The van der Waals surface area contributed by atoms with Crippen LogP contribution in [0, 0.1) is 26.7 Å². The maximum Gasteiger partial charge on any atom is 0.308 e. The molecule has 1 aromatic carbocycles. The Labute approximate surface area is 135 Å². The van der Waals surface area contributed by atoms with Gasteiger partial charge in [0.1, 0.15) is 5.69 Å². The lowest BCUT2D eigenvalue weighted by molar-refractivity contribution is -0.143. The lowest BCUT2D eigenvalue weighted by Gasteiger charge is -2.30. The molecule has 0 bridgehead atoms. The number of hydrogen-bond donors (Lipinski definition) is 2. The van der Waals surface area contributed by atoms with Gasteiger partial charge in [-0.15, -0.1) is 0 Å². The summed E-state index contributed by atoms with van der Waals surface area (Å²) >= 11 is 0. The number of aromatic amines is 1. The third kappa shape index (κ3) is 2.71. The van der Waals surface area contributed by atoms with E-state index in [1.54, 1.807) is 4.90 Å². The fourth-order valence-electron chi connectivity index (χ4n) is 3.52. The smallest absolute Gasteiger partial charge is 0.308 e. The number of H-pyrrole nitrogens is 1. The lowest BCUT2D eigenvalue weighted by atomic mass is 9.98. The number of carbonyl (C=O) groups excluding carboxylic acids is 1. The summed E-state index contributed by atoms with van der Waals surface area (Å²) in [7, 11) is 0. The lowest BCUT2D eigenvalue weighted by Crippen LogP contribution is -2.42. The topological polar surface area (TPSA) is 73.4 Å². The van der Waals surface area contributed by atoms with E-state index in [1.165, 1.54) is 5.56 Å². The van der Waals surface area contributed by atoms with Crippen LogP contribution in [0.5, 0.6) is 0 Å². The van der Waals surface area contributed by atoms with Crippen LogP contribution in [-0.4, -0.2) is 40.0 Å². The number of amides is 1. The summed E-state index contributed by atoms with van der Waals surface area (Å²) in [6.45, 7) is 6.93. The Balaban J connectivity index is 1.96. The molecule has 1 amide bonds. The van der Waals surface area contributed by atoms with Crippen molar-refractivity contribution < 1.29 is 14.7 Å². The van der Waals surface area contributed by atoms with Crippen LogP contribution in [-0.2, 0) is 4.79 Å². The number of carboxylic acids is 1. The first-order valence-corrected chi connectivity index (χ1v) is 8.00. The quantitative estimate of drug-likeness (QED) is 0.895. The van der Waals surface area contributed by atoms with Crippen molar-refractivity contribution in [2.45, 2.75) is 33.6 Å². The van der Waals surface area contributed by atoms with Crippen molar-refractivity contribution in [3.63, 3.8) is 0 Å². The Kier molecular flexibility index (Phi) is 3.88. The molecule has 1 unspecified atom stereocenters. The van der Waals surface area contributed by atoms with Gasteiger partial charge in [-0.25, -0.2) is 0 Å². The van der Waals surface area contributed by atoms with Gasteiger partial charge in [-0.05, 0) is 50.8 Å². The van der Waals surface area contributed by atoms with Gasteiger partial charge in [0.15, 0.2) is 0 Å². The molecule has 1 fully saturated rings. The van der Waals surface area contributed by atoms with Gasteiger partial charge in [-0.2, -0.15) is 0 Å². The van der Waals surface area contributed by atoms with Crippen LogP contribution < -0.4 is 0 Å². The number of nitrogens with zero attached hydrogens (tertiary/aromatic N) is 1. The second kappa shape index (κ2) is 5.72. The standard InChI is InChI=1S/C18H22N2O3/c1-10-7-11(2)15-14(8-10)12(3)16(19-15)17(21)20-6-4-5-13(9-20)18(22)23/h7-8,13,19H,4-6,9H2,1-3H3,(H,22,23). The maximum atomic E-state index is 12.9. The molecule has 0 spiro atoms. The molecule has 0 radical (unpaired) electrons. The number of benzene rings is 1. The molecule has 1 saturated heterocycles. The van der Waals surface area contributed by atoms with Crippen LogP contribution in [0.1, 0.15) is 40.0 Å². The monoisotopic (exact) mass is 314 g/mol. The minimum atomic E-state index is -0.817. The first kappa shape index (κ1) is 15.6. The van der Waals surface area contributed by atoms with Crippen molar-refractivity contribution in [3.8, 4) is 0 Å². The Morgan fingerprint density at radius 2 is 2.00 bits per heavy atom. The molecule has 5 heteroatoms. The molecule has 23 heavy (non-hydrogen) atoms. The number of hydrogen-bond acceptors (Lipinski definition) is 2. The Morgan fingerprint density at radius 1 is 1.26 bits per heavy atom. The van der Waals surface area contributed by atoms with Gasteiger partial charge in [0.05, 0.1) is 5.92 Å². The van der Waals surface area contributed by atoms with Crippen molar-refractivity contribution in [2.24, 2.45) is 5.92 Å². The highest BCUT2D eigenvalue weighted by atomic mass is 16.4. The Hall–Kier alpha value is -2.30. The number of rotatable bonds is 2. The van der Waals surface area contributed by atoms with E-state index in [2.05, 4.69) is 17.1 Å². The van der Waals surface area contributed by atoms with Gasteiger partial charge < -0.3 is 15.0 Å². The van der Waals surface area contributed by atoms with E-state index in [0.717, 1.165) is 28.5 Å². The first-order chi connectivity index (χ1) is 10.9. The third-order valence-electron chi connectivity index (χ3n) is 4.78. The van der Waals surface area contributed by atoms with E-state index in [1.807, 2.05) is 20.8 Å². The van der Waals surface area contributed by atoms with Crippen molar-refractivity contribution in [1.82, 2.24) is 9.88 Å². The molecule has 0 saturated carbocycles. The molecule has 1 aliphatic heterocycles. The maximum absolute atomic E-state index is 12.9. The van der Waals surface area contributed by atoms with Crippen LogP contribution in [0.15, 0.2) is 12.1 Å². The number of aliphatic carboxylic acids is 1. The summed E-state index contributed by atoms with van der Waals surface area (Å²) in [4.78, 5) is 29.0. The van der Waals surface area contributed by atoms with Gasteiger partial charge in [-0.3, -0.25) is 9.59 Å². The highest BCUT2D eigenvalue weighted by Gasteiger charge is 2.30. The zero-order valence-corrected chi connectivity index (χ0v) is 13.8. The molecule has 2 heterocycles. The predicted octanol–water partition coefficient (Wildman–Crippen LogP) is 3.03. The van der Waals surface area contributed by atoms with Crippen LogP contribution in [0.3, 0.4) is 0 Å². The molecule has 122 valence electrons. The van der Waals surface area contributed by atoms with E-state index < -0.39 is 11.9 Å². The zero-order valence-electron chi connectivity index (χ0n) is 13.8. The Morgan fingerprint density at radius 3 is 2.70 bits per heavy atom. The number of carboxylic acid groups (broad SMARTS) is 1. The molecule has 1 atom stereocenters. The molecule has 2 aromatic rings. The summed E-state index contributed by atoms with van der Waals surface area (Å²) in [6.07, 6.45) is 1.38. The molecule has 5 nitrogen and oxygen atoms in total. The van der Waals surface area contributed by atoms with Gasteiger partial charge in [0.25, 0.3) is 5.91 Å². The summed E-state index contributed by atoms with van der Waals surface area (Å²) in [5.74, 6) is -1.37. The summed E-state index contributed by atoms with van der Waals surface area (Å²) in [6, 6.07) is 4.18. The molecular weight excluding hydrogens is 292 g/mol. The normalized spacial score (nSPS) is 18.4. The van der Waals surface area contributed by atoms with Crippen molar-refractivity contribution >= 4 is 22.8 Å². The minimum Gasteiger partial charge on any atom is -0.481 e. The third-order valence-corrected chi connectivity index (χ3v) is 4.78. The van der Waals surface area contributed by atoms with Crippen LogP contribution in [0.4, 0.5) is 0 Å². The van der Waals surface area contributed by atoms with E-state index >= 15 is 0 Å². The van der Waals surface area contributed by atoms with Crippen LogP contribution in [0.2, 0.25) is 0 Å². The molecule has 3 rings (SSSR count). The average Bonchev–Trinajstić information content (AvgIpc) is 2.84. The summed E-state index contributed by atoms with van der Waals surface area (Å²) < 4.78 is 0. The molecular formula is C18H22N2O3. The number of aryl methyl sites for hydroxylation is 3. The van der Waals surface area contributed by atoms with Gasteiger partial charge in [0.2, 0.25) is 0 Å². The van der Waals surface area contributed by atoms with Gasteiger partial charge in [-0.1, -0.05) is 11.6 Å². The predicted molar refractivity (Wildman–Crippen MR) is 88.8 cm³/mol. The number of likely N-dealkylation sites (tertiary alicyclic amines) is 1. The average molecular weight is 314 g/mol. The molecule has 1 aromatic heterocycles. The van der Waals surface area contributed by atoms with Crippen molar-refractivity contribution in [3.05, 3.63) is 34.5 Å². The molecule has 2 N–H and O–H groups in total. The Bertz CT molecular complexity index is 791. The zero-order chi connectivity index (χ0) is 16.7. The number of carbonyl (C=O) groups is 2. The number of aromatic nitrogens is 1. The van der Waals surface area contributed by atoms with E-state index in [-0.39, 0.29) is 5.91 Å². The SMILES string of the molecule is Cc1cc(C)c2[nH]c(C(=O)N3CCCC(C(=O)O)C3)c(C)c2c1. The fourth-order valence-corrected chi connectivity index (χ4v) is 3.52. The van der Waals surface area contributed by atoms with E-state index in [4.69, 9.17) is 0 Å². The second-order valence-electron chi connectivity index (χ2n) is 6.56. The number of piperidine rings is 1. The molecule has 1 aliphatic rings. The van der Waals surface area contributed by atoms with Gasteiger partial charge >= 0.3 is 5.97 Å².